The smallest absolute Gasteiger partial charge is 0.516 e. The Morgan fingerprint density at radius 2 is 1.63 bits per heavy atom. The molecule has 0 bridgehead atoms. The molecule has 0 heterocycles. The van der Waals surface area contributed by atoms with Gasteiger partial charge in [0.05, 0.1) is 18.1 Å². The summed E-state index contributed by atoms with van der Waals surface area (Å²) in [6.45, 7) is 2.99. The summed E-state index contributed by atoms with van der Waals surface area (Å²) < 4.78 is 10.5. The molecule has 1 rings (SSSR count). The quantitative estimate of drug-likeness (QED) is 0.472. The third-order valence-electron chi connectivity index (χ3n) is 3.12. The molecule has 0 unspecified atom stereocenters. The second-order valence-electron chi connectivity index (χ2n) is 4.83. The Balaban J connectivity index is 2.07. The highest BCUT2D eigenvalue weighted by molar-refractivity contribution is 6.33. The van der Waals surface area contributed by atoms with Gasteiger partial charge in [-0.15, -0.1) is 0 Å². The fourth-order valence-corrected chi connectivity index (χ4v) is 2.04. The molecule has 0 saturated heterocycles. The highest BCUT2D eigenvalue weighted by atomic mass is 16.6. The third-order valence-corrected chi connectivity index (χ3v) is 3.12. The first kappa shape index (κ1) is 16.1. The van der Waals surface area contributed by atoms with Crippen LogP contribution in [0.2, 0.25) is 0 Å². The van der Waals surface area contributed by atoms with E-state index < -0.39 is 7.32 Å². The number of rotatable bonds is 10. The standard InChI is InChI=1S/C14H25BO4/c1-2-3-4-5-6-7-12-18-13-8-10-14(11-9-13)19-15(16)17/h8,10,16-17H,2-7,9,11-12H2,1H3. The average Bonchev–Trinajstić information content (AvgIpc) is 2.39. The van der Waals surface area contributed by atoms with Crippen LogP contribution in [-0.2, 0) is 9.39 Å². The van der Waals surface area contributed by atoms with Crippen LogP contribution < -0.4 is 0 Å². The van der Waals surface area contributed by atoms with E-state index in [4.69, 9.17) is 19.4 Å². The van der Waals surface area contributed by atoms with Crippen molar-refractivity contribution >= 4 is 7.32 Å². The Hall–Kier alpha value is -0.935. The van der Waals surface area contributed by atoms with E-state index in [1.165, 1.54) is 32.1 Å². The van der Waals surface area contributed by atoms with Crippen LogP contribution in [0.15, 0.2) is 23.7 Å². The van der Waals surface area contributed by atoms with Crippen molar-refractivity contribution < 1.29 is 19.4 Å². The van der Waals surface area contributed by atoms with Crippen molar-refractivity contribution in [3.63, 3.8) is 0 Å². The molecule has 0 aromatic carbocycles. The third kappa shape index (κ3) is 7.95. The first-order chi connectivity index (χ1) is 9.22. The zero-order chi connectivity index (χ0) is 13.9. The van der Waals surface area contributed by atoms with Crippen molar-refractivity contribution in [2.45, 2.75) is 58.3 Å². The summed E-state index contributed by atoms with van der Waals surface area (Å²) in [5, 5.41) is 17.3. The second kappa shape index (κ2) is 9.93. The van der Waals surface area contributed by atoms with Crippen LogP contribution in [0.4, 0.5) is 0 Å². The van der Waals surface area contributed by atoms with Crippen LogP contribution >= 0.6 is 0 Å². The predicted octanol–water partition coefficient (Wildman–Crippen LogP) is 2.91. The number of allylic oxidation sites excluding steroid dienone is 4. The van der Waals surface area contributed by atoms with Crippen LogP contribution in [-0.4, -0.2) is 24.0 Å². The molecule has 1 aliphatic carbocycles. The molecule has 0 aromatic rings. The molecular formula is C14H25BO4. The molecule has 0 radical (unpaired) electrons. The minimum atomic E-state index is -1.73. The molecular weight excluding hydrogens is 243 g/mol. The first-order valence-corrected chi connectivity index (χ1v) is 7.27. The molecule has 19 heavy (non-hydrogen) atoms. The van der Waals surface area contributed by atoms with Gasteiger partial charge in [0.15, 0.2) is 0 Å². The molecule has 0 aliphatic heterocycles. The van der Waals surface area contributed by atoms with Gasteiger partial charge in [-0.25, -0.2) is 0 Å². The van der Waals surface area contributed by atoms with E-state index in [1.807, 2.05) is 6.08 Å². The van der Waals surface area contributed by atoms with Crippen LogP contribution in [0, 0.1) is 0 Å². The van der Waals surface area contributed by atoms with E-state index in [9.17, 15) is 0 Å². The lowest BCUT2D eigenvalue weighted by Crippen LogP contribution is -2.17. The Labute approximate surface area is 116 Å². The van der Waals surface area contributed by atoms with Crippen molar-refractivity contribution in [1.82, 2.24) is 0 Å². The van der Waals surface area contributed by atoms with Gasteiger partial charge in [0.1, 0.15) is 0 Å². The lowest BCUT2D eigenvalue weighted by molar-refractivity contribution is 0.185. The van der Waals surface area contributed by atoms with Gasteiger partial charge in [0.25, 0.3) is 0 Å². The fraction of sp³-hybridized carbons (Fsp3) is 0.714. The molecule has 5 heteroatoms. The van der Waals surface area contributed by atoms with E-state index in [0.717, 1.165) is 25.2 Å². The number of hydrogen-bond acceptors (Lipinski definition) is 4. The van der Waals surface area contributed by atoms with E-state index in [-0.39, 0.29) is 0 Å². The number of unbranched alkanes of at least 4 members (excludes halogenated alkanes) is 5. The summed E-state index contributed by atoms with van der Waals surface area (Å²) in [7, 11) is -1.73. The monoisotopic (exact) mass is 268 g/mol. The zero-order valence-corrected chi connectivity index (χ0v) is 11.8. The van der Waals surface area contributed by atoms with E-state index >= 15 is 0 Å². The van der Waals surface area contributed by atoms with Gasteiger partial charge in [-0.05, 0) is 18.6 Å². The van der Waals surface area contributed by atoms with Gasteiger partial charge < -0.3 is 19.4 Å². The summed E-state index contributed by atoms with van der Waals surface area (Å²) in [6.07, 6.45) is 12.6. The minimum absolute atomic E-state index is 0.585. The fourth-order valence-electron chi connectivity index (χ4n) is 2.04. The van der Waals surface area contributed by atoms with Gasteiger partial charge in [0, 0.05) is 12.8 Å². The maximum atomic E-state index is 8.67. The Bertz CT molecular complexity index is 300. The van der Waals surface area contributed by atoms with Crippen molar-refractivity contribution in [3.8, 4) is 0 Å². The Kier molecular flexibility index (Phi) is 8.42. The average molecular weight is 268 g/mol. The van der Waals surface area contributed by atoms with E-state index in [2.05, 4.69) is 6.92 Å². The second-order valence-corrected chi connectivity index (χ2v) is 4.83. The van der Waals surface area contributed by atoms with Crippen molar-refractivity contribution in [2.24, 2.45) is 0 Å². The van der Waals surface area contributed by atoms with Crippen LogP contribution in [0.1, 0.15) is 58.3 Å². The molecule has 0 saturated carbocycles. The first-order valence-electron chi connectivity index (χ1n) is 7.27. The topological polar surface area (TPSA) is 58.9 Å². The molecule has 0 atom stereocenters. The van der Waals surface area contributed by atoms with Gasteiger partial charge in [-0.3, -0.25) is 0 Å². The summed E-state index contributed by atoms with van der Waals surface area (Å²) in [5.74, 6) is 1.54. The summed E-state index contributed by atoms with van der Waals surface area (Å²) in [6, 6.07) is 0. The molecule has 1 aliphatic rings. The molecule has 108 valence electrons. The van der Waals surface area contributed by atoms with Crippen molar-refractivity contribution in [3.05, 3.63) is 23.7 Å². The Morgan fingerprint density at radius 1 is 1.00 bits per heavy atom. The normalized spacial score (nSPS) is 14.7. The maximum Gasteiger partial charge on any atom is 0.707 e. The lowest BCUT2D eigenvalue weighted by Gasteiger charge is -2.16. The number of ether oxygens (including phenoxy) is 1. The molecule has 0 spiro atoms. The largest absolute Gasteiger partial charge is 0.707 e. The SMILES string of the molecule is CCCCCCCCOC1=CC=C(OB(O)O)CC1. The van der Waals surface area contributed by atoms with E-state index in [1.54, 1.807) is 6.08 Å². The minimum Gasteiger partial charge on any atom is -0.516 e. The van der Waals surface area contributed by atoms with Gasteiger partial charge in [-0.2, -0.15) is 0 Å². The molecule has 2 N–H and O–H groups in total. The summed E-state index contributed by atoms with van der Waals surface area (Å²) in [4.78, 5) is 0. The molecule has 0 amide bonds. The summed E-state index contributed by atoms with van der Waals surface area (Å²) in [5.41, 5.74) is 0. The summed E-state index contributed by atoms with van der Waals surface area (Å²) >= 11 is 0. The van der Waals surface area contributed by atoms with Crippen LogP contribution in [0.25, 0.3) is 0 Å². The highest BCUT2D eigenvalue weighted by Crippen LogP contribution is 2.20. The highest BCUT2D eigenvalue weighted by Gasteiger charge is 2.15. The van der Waals surface area contributed by atoms with Crippen LogP contribution in [0.3, 0.4) is 0 Å². The lowest BCUT2D eigenvalue weighted by atomic mass is 10.1. The molecule has 4 nitrogen and oxygen atoms in total. The van der Waals surface area contributed by atoms with E-state index in [0.29, 0.717) is 12.2 Å². The van der Waals surface area contributed by atoms with Gasteiger partial charge >= 0.3 is 7.32 Å². The Morgan fingerprint density at radius 3 is 2.26 bits per heavy atom. The van der Waals surface area contributed by atoms with Crippen molar-refractivity contribution in [1.29, 1.82) is 0 Å². The molecule has 0 fully saturated rings. The molecule has 0 aromatic heterocycles. The van der Waals surface area contributed by atoms with Crippen LogP contribution in [0.5, 0.6) is 0 Å². The van der Waals surface area contributed by atoms with Crippen molar-refractivity contribution in [2.75, 3.05) is 6.61 Å². The van der Waals surface area contributed by atoms with Gasteiger partial charge in [-0.1, -0.05) is 39.0 Å². The zero-order valence-electron chi connectivity index (χ0n) is 11.8. The maximum absolute atomic E-state index is 8.67. The number of hydrogen-bond donors (Lipinski definition) is 2. The predicted molar refractivity (Wildman–Crippen MR) is 76.0 cm³/mol. The van der Waals surface area contributed by atoms with Gasteiger partial charge in [0.2, 0.25) is 0 Å².